The third-order valence-electron chi connectivity index (χ3n) is 2.52. The lowest BCUT2D eigenvalue weighted by Gasteiger charge is -2.03. The molecule has 16 heavy (non-hydrogen) atoms. The number of aromatic amines is 1. The van der Waals surface area contributed by atoms with E-state index in [0.717, 1.165) is 17.5 Å². The molecule has 2 rings (SSSR count). The predicted octanol–water partition coefficient (Wildman–Crippen LogP) is 1.83. The predicted molar refractivity (Wildman–Crippen MR) is 59.0 cm³/mol. The highest BCUT2D eigenvalue weighted by Crippen LogP contribution is 2.28. The summed E-state index contributed by atoms with van der Waals surface area (Å²) in [5, 5.41) is 16.8. The summed E-state index contributed by atoms with van der Waals surface area (Å²) in [6, 6.07) is 3.09. The molecule has 0 amide bonds. The Labute approximate surface area is 92.0 Å². The zero-order valence-electron chi connectivity index (χ0n) is 9.07. The summed E-state index contributed by atoms with van der Waals surface area (Å²) in [7, 11) is 1.50. The van der Waals surface area contributed by atoms with Crippen LogP contribution in [0.2, 0.25) is 0 Å². The van der Waals surface area contributed by atoms with Crippen LogP contribution in [-0.4, -0.2) is 28.4 Å². The number of aromatic carboxylic acids is 1. The number of aryl methyl sites for hydroxylation is 1. The van der Waals surface area contributed by atoms with E-state index < -0.39 is 5.97 Å². The first-order valence-electron chi connectivity index (χ1n) is 4.95. The molecule has 1 aromatic heterocycles. The molecule has 2 aromatic rings. The molecule has 0 fully saturated rings. The van der Waals surface area contributed by atoms with Gasteiger partial charge in [0.25, 0.3) is 0 Å². The quantitative estimate of drug-likeness (QED) is 0.827. The SMILES string of the molecule is CCc1[nH]nc2c(OC)cc(C(=O)O)cc12. The van der Waals surface area contributed by atoms with E-state index in [4.69, 9.17) is 9.84 Å². The molecular weight excluding hydrogens is 208 g/mol. The second kappa shape index (κ2) is 3.84. The van der Waals surface area contributed by atoms with Gasteiger partial charge in [-0.05, 0) is 18.6 Å². The average Bonchev–Trinajstić information content (AvgIpc) is 2.70. The van der Waals surface area contributed by atoms with Crippen molar-refractivity contribution in [1.29, 1.82) is 0 Å². The van der Waals surface area contributed by atoms with Gasteiger partial charge in [-0.3, -0.25) is 5.10 Å². The van der Waals surface area contributed by atoms with E-state index in [1.807, 2.05) is 6.92 Å². The van der Waals surface area contributed by atoms with Crippen LogP contribution in [0.3, 0.4) is 0 Å². The highest BCUT2D eigenvalue weighted by Gasteiger charge is 2.14. The lowest BCUT2D eigenvalue weighted by Crippen LogP contribution is -1.97. The number of aromatic nitrogens is 2. The fourth-order valence-corrected chi connectivity index (χ4v) is 1.69. The highest BCUT2D eigenvalue weighted by atomic mass is 16.5. The van der Waals surface area contributed by atoms with Gasteiger partial charge in [0, 0.05) is 11.1 Å². The van der Waals surface area contributed by atoms with Gasteiger partial charge < -0.3 is 9.84 Å². The normalized spacial score (nSPS) is 10.6. The van der Waals surface area contributed by atoms with Crippen molar-refractivity contribution < 1.29 is 14.6 Å². The molecule has 84 valence electrons. The molecule has 1 heterocycles. The van der Waals surface area contributed by atoms with Crippen LogP contribution >= 0.6 is 0 Å². The van der Waals surface area contributed by atoms with Gasteiger partial charge >= 0.3 is 5.97 Å². The maximum Gasteiger partial charge on any atom is 0.335 e. The lowest BCUT2D eigenvalue weighted by molar-refractivity contribution is 0.0696. The van der Waals surface area contributed by atoms with E-state index in [0.29, 0.717) is 11.3 Å². The number of benzene rings is 1. The van der Waals surface area contributed by atoms with E-state index in [-0.39, 0.29) is 5.56 Å². The molecule has 0 unspecified atom stereocenters. The molecule has 0 saturated heterocycles. The Morgan fingerprint density at radius 1 is 1.56 bits per heavy atom. The number of ether oxygens (including phenoxy) is 1. The number of fused-ring (bicyclic) bond motifs is 1. The van der Waals surface area contributed by atoms with Crippen LogP contribution in [0.25, 0.3) is 10.9 Å². The van der Waals surface area contributed by atoms with Crippen LogP contribution in [0.1, 0.15) is 23.0 Å². The van der Waals surface area contributed by atoms with Gasteiger partial charge in [0.2, 0.25) is 0 Å². The van der Waals surface area contributed by atoms with Gasteiger partial charge in [0.1, 0.15) is 11.3 Å². The molecule has 0 aliphatic heterocycles. The fraction of sp³-hybridized carbons (Fsp3) is 0.273. The van der Waals surface area contributed by atoms with Crippen molar-refractivity contribution in [3.05, 3.63) is 23.4 Å². The molecular formula is C11H12N2O3. The smallest absolute Gasteiger partial charge is 0.335 e. The van der Waals surface area contributed by atoms with Crippen molar-refractivity contribution in [2.45, 2.75) is 13.3 Å². The molecule has 5 heteroatoms. The van der Waals surface area contributed by atoms with E-state index >= 15 is 0 Å². The Hall–Kier alpha value is -2.04. The summed E-state index contributed by atoms with van der Waals surface area (Å²) < 4.78 is 5.13. The Bertz CT molecular complexity index is 545. The summed E-state index contributed by atoms with van der Waals surface area (Å²) in [5.74, 6) is -0.491. The zero-order chi connectivity index (χ0) is 11.7. The highest BCUT2D eigenvalue weighted by molar-refractivity contribution is 5.97. The lowest BCUT2D eigenvalue weighted by atomic mass is 10.1. The monoisotopic (exact) mass is 220 g/mol. The van der Waals surface area contributed by atoms with Crippen molar-refractivity contribution >= 4 is 16.9 Å². The summed E-state index contributed by atoms with van der Waals surface area (Å²) in [4.78, 5) is 10.9. The second-order valence-electron chi connectivity index (χ2n) is 3.44. The summed E-state index contributed by atoms with van der Waals surface area (Å²) in [6.07, 6.45) is 0.767. The molecule has 0 saturated carbocycles. The number of carbonyl (C=O) groups is 1. The minimum atomic E-state index is -0.969. The maximum absolute atomic E-state index is 10.9. The number of nitrogens with one attached hydrogen (secondary N) is 1. The largest absolute Gasteiger partial charge is 0.494 e. The number of carboxylic acids is 1. The minimum absolute atomic E-state index is 0.209. The van der Waals surface area contributed by atoms with Gasteiger partial charge in [0.05, 0.1) is 12.7 Å². The van der Waals surface area contributed by atoms with Gasteiger partial charge in [-0.15, -0.1) is 0 Å². The molecule has 0 atom stereocenters. The third-order valence-corrected chi connectivity index (χ3v) is 2.52. The number of hydrogen-bond donors (Lipinski definition) is 2. The number of H-pyrrole nitrogens is 1. The second-order valence-corrected chi connectivity index (χ2v) is 3.44. The van der Waals surface area contributed by atoms with Crippen molar-refractivity contribution in [2.75, 3.05) is 7.11 Å². The number of carboxylic acid groups (broad SMARTS) is 1. The summed E-state index contributed by atoms with van der Waals surface area (Å²) in [5.41, 5.74) is 1.79. The minimum Gasteiger partial charge on any atom is -0.494 e. The van der Waals surface area contributed by atoms with Crippen LogP contribution < -0.4 is 4.74 Å². The molecule has 0 spiro atoms. The zero-order valence-corrected chi connectivity index (χ0v) is 9.07. The standard InChI is InChI=1S/C11H12N2O3/c1-3-8-7-4-6(11(14)15)5-9(16-2)10(7)13-12-8/h4-5H,3H2,1-2H3,(H,12,13)(H,14,15). The average molecular weight is 220 g/mol. The maximum atomic E-state index is 10.9. The topological polar surface area (TPSA) is 75.2 Å². The number of methoxy groups -OCH3 is 1. The first-order valence-corrected chi connectivity index (χ1v) is 4.95. The van der Waals surface area contributed by atoms with Crippen LogP contribution in [0.4, 0.5) is 0 Å². The number of hydrogen-bond acceptors (Lipinski definition) is 3. The summed E-state index contributed by atoms with van der Waals surface area (Å²) >= 11 is 0. The van der Waals surface area contributed by atoms with Crippen LogP contribution in [0.15, 0.2) is 12.1 Å². The van der Waals surface area contributed by atoms with Gasteiger partial charge in [-0.1, -0.05) is 6.92 Å². The number of nitrogens with zero attached hydrogens (tertiary/aromatic N) is 1. The van der Waals surface area contributed by atoms with E-state index in [1.54, 1.807) is 6.07 Å². The molecule has 1 aromatic carbocycles. The van der Waals surface area contributed by atoms with Crippen LogP contribution in [0, 0.1) is 0 Å². The molecule has 0 bridgehead atoms. The number of rotatable bonds is 3. The van der Waals surface area contributed by atoms with Crippen LogP contribution in [0.5, 0.6) is 5.75 Å². The molecule has 5 nitrogen and oxygen atoms in total. The van der Waals surface area contributed by atoms with E-state index in [9.17, 15) is 4.79 Å². The van der Waals surface area contributed by atoms with Crippen molar-refractivity contribution in [3.8, 4) is 5.75 Å². The van der Waals surface area contributed by atoms with Crippen LogP contribution in [-0.2, 0) is 6.42 Å². The van der Waals surface area contributed by atoms with Crippen molar-refractivity contribution in [3.63, 3.8) is 0 Å². The first kappa shape index (κ1) is 10.5. The molecule has 2 N–H and O–H groups in total. The third kappa shape index (κ3) is 1.50. The Morgan fingerprint density at radius 2 is 2.31 bits per heavy atom. The van der Waals surface area contributed by atoms with Gasteiger partial charge in [0.15, 0.2) is 0 Å². The fourth-order valence-electron chi connectivity index (χ4n) is 1.69. The first-order chi connectivity index (χ1) is 7.67. The Morgan fingerprint density at radius 3 is 2.88 bits per heavy atom. The van der Waals surface area contributed by atoms with Crippen molar-refractivity contribution in [1.82, 2.24) is 10.2 Å². The van der Waals surface area contributed by atoms with E-state index in [2.05, 4.69) is 10.2 Å². The van der Waals surface area contributed by atoms with Gasteiger partial charge in [-0.25, -0.2) is 4.79 Å². The van der Waals surface area contributed by atoms with Gasteiger partial charge in [-0.2, -0.15) is 5.10 Å². The summed E-state index contributed by atoms with van der Waals surface area (Å²) in [6.45, 7) is 1.98. The Kier molecular flexibility index (Phi) is 2.52. The van der Waals surface area contributed by atoms with Crippen molar-refractivity contribution in [2.24, 2.45) is 0 Å². The molecule has 0 aliphatic rings. The Balaban J connectivity index is 2.76. The molecule has 0 aliphatic carbocycles. The molecule has 0 radical (unpaired) electrons. The van der Waals surface area contributed by atoms with E-state index in [1.165, 1.54) is 13.2 Å².